The Bertz CT molecular complexity index is 931. The summed E-state index contributed by atoms with van der Waals surface area (Å²) in [5, 5.41) is 9.27. The van der Waals surface area contributed by atoms with Crippen LogP contribution in [-0.4, -0.2) is 57.3 Å². The van der Waals surface area contributed by atoms with E-state index in [1.165, 1.54) is 9.80 Å². The van der Waals surface area contributed by atoms with Crippen LogP contribution in [0.3, 0.4) is 0 Å². The van der Waals surface area contributed by atoms with Crippen molar-refractivity contribution in [2.24, 2.45) is 0 Å². The Hall–Kier alpha value is -3.06. The second-order valence-corrected chi connectivity index (χ2v) is 7.59. The van der Waals surface area contributed by atoms with Gasteiger partial charge in [0.15, 0.2) is 0 Å². The molecule has 3 amide bonds. The number of hydrogen-bond donors (Lipinski definition) is 1. The number of pyridine rings is 1. The number of benzene rings is 1. The molecule has 7 nitrogen and oxygen atoms in total. The number of likely N-dealkylation sites (N-methyl/N-ethyl adjacent to an activating group) is 1. The van der Waals surface area contributed by atoms with Gasteiger partial charge < -0.3 is 10.0 Å². The number of aliphatic hydroxyl groups is 1. The number of carbonyl (C=O) groups is 3. The van der Waals surface area contributed by atoms with E-state index in [4.69, 9.17) is 0 Å². The van der Waals surface area contributed by atoms with E-state index < -0.39 is 5.41 Å². The van der Waals surface area contributed by atoms with E-state index in [1.807, 2.05) is 38.1 Å². The van der Waals surface area contributed by atoms with Gasteiger partial charge in [-0.1, -0.05) is 24.3 Å². The Labute approximate surface area is 176 Å². The van der Waals surface area contributed by atoms with Crippen molar-refractivity contribution in [1.29, 1.82) is 0 Å². The number of hydrogen-bond acceptors (Lipinski definition) is 5. The molecule has 1 N–H and O–H groups in total. The van der Waals surface area contributed by atoms with Crippen molar-refractivity contribution >= 4 is 17.7 Å². The van der Waals surface area contributed by atoms with Crippen molar-refractivity contribution in [3.05, 3.63) is 65.5 Å². The van der Waals surface area contributed by atoms with Gasteiger partial charge in [0.2, 0.25) is 17.7 Å². The Balaban J connectivity index is 2.00. The summed E-state index contributed by atoms with van der Waals surface area (Å²) in [5.41, 5.74) is 1.13. The molecule has 1 fully saturated rings. The molecule has 1 atom stereocenters. The van der Waals surface area contributed by atoms with Crippen molar-refractivity contribution in [3.63, 3.8) is 0 Å². The molecular formula is C23H27N3O4. The highest BCUT2D eigenvalue weighted by Crippen LogP contribution is 2.42. The largest absolute Gasteiger partial charge is 0.395 e. The summed E-state index contributed by atoms with van der Waals surface area (Å²) in [6, 6.07) is 10.9. The Kier molecular flexibility index (Phi) is 6.62. The molecule has 1 aromatic heterocycles. The van der Waals surface area contributed by atoms with Crippen LogP contribution in [0.25, 0.3) is 0 Å². The number of aliphatic hydroxyl groups excluding tert-OH is 1. The lowest BCUT2D eigenvalue weighted by Gasteiger charge is -2.31. The first-order valence-electron chi connectivity index (χ1n) is 10.1. The number of carbonyl (C=O) groups excluding carboxylic acids is 3. The molecule has 0 saturated carbocycles. The first kappa shape index (κ1) is 21.6. The molecule has 30 heavy (non-hydrogen) atoms. The molecule has 3 rings (SSSR count). The second-order valence-electron chi connectivity index (χ2n) is 7.59. The summed E-state index contributed by atoms with van der Waals surface area (Å²) in [6.45, 7) is 4.32. The highest BCUT2D eigenvalue weighted by molar-refractivity contribution is 6.10. The van der Waals surface area contributed by atoms with Crippen LogP contribution in [0.2, 0.25) is 0 Å². The third-order valence-electron chi connectivity index (χ3n) is 5.72. The van der Waals surface area contributed by atoms with Gasteiger partial charge in [0.05, 0.1) is 18.6 Å². The first-order valence-corrected chi connectivity index (χ1v) is 10.1. The van der Waals surface area contributed by atoms with Crippen LogP contribution >= 0.6 is 0 Å². The van der Waals surface area contributed by atoms with Gasteiger partial charge in [-0.05, 0) is 42.7 Å². The number of likely N-dealkylation sites (tertiary alicyclic amines) is 1. The number of imide groups is 1. The zero-order valence-corrected chi connectivity index (χ0v) is 17.4. The average molecular weight is 409 g/mol. The minimum Gasteiger partial charge on any atom is -0.395 e. The van der Waals surface area contributed by atoms with Crippen molar-refractivity contribution in [2.45, 2.75) is 38.6 Å². The first-order chi connectivity index (χ1) is 14.4. The van der Waals surface area contributed by atoms with E-state index in [0.717, 1.165) is 11.1 Å². The van der Waals surface area contributed by atoms with E-state index >= 15 is 0 Å². The molecule has 0 radical (unpaired) electrons. The van der Waals surface area contributed by atoms with Crippen LogP contribution in [0.5, 0.6) is 0 Å². The number of aryl methyl sites for hydroxylation is 1. The minimum absolute atomic E-state index is 0.0514. The lowest BCUT2D eigenvalue weighted by molar-refractivity contribution is -0.143. The standard InChI is InChI=1S/C23H27N3O4/c1-3-25(12-13-27)20(28)14-23(19-7-5-4-6-17(19)2)15-21(29)26(22(23)30)16-18-8-10-24-11-9-18/h4-11,27H,3,12-16H2,1-2H3/t23-/m0/s1. The molecule has 1 aromatic carbocycles. The van der Waals surface area contributed by atoms with Gasteiger partial charge in [-0.15, -0.1) is 0 Å². The van der Waals surface area contributed by atoms with Crippen molar-refractivity contribution in [3.8, 4) is 0 Å². The lowest BCUT2D eigenvalue weighted by Crippen LogP contribution is -2.44. The Morgan fingerprint density at radius 3 is 2.53 bits per heavy atom. The van der Waals surface area contributed by atoms with Crippen LogP contribution in [-0.2, 0) is 26.3 Å². The van der Waals surface area contributed by atoms with Gasteiger partial charge in [0.1, 0.15) is 0 Å². The fourth-order valence-electron chi connectivity index (χ4n) is 4.13. The smallest absolute Gasteiger partial charge is 0.241 e. The molecule has 0 spiro atoms. The van der Waals surface area contributed by atoms with E-state index in [2.05, 4.69) is 4.98 Å². The molecule has 0 aliphatic carbocycles. The normalized spacial score (nSPS) is 18.7. The van der Waals surface area contributed by atoms with Crippen molar-refractivity contribution in [2.75, 3.05) is 19.7 Å². The maximum absolute atomic E-state index is 13.7. The minimum atomic E-state index is -1.24. The number of nitrogens with zero attached hydrogens (tertiary/aromatic N) is 3. The molecule has 0 unspecified atom stereocenters. The van der Waals surface area contributed by atoms with Gasteiger partial charge in [0, 0.05) is 38.3 Å². The average Bonchev–Trinajstić information content (AvgIpc) is 2.97. The van der Waals surface area contributed by atoms with E-state index in [-0.39, 0.29) is 50.3 Å². The summed E-state index contributed by atoms with van der Waals surface area (Å²) in [7, 11) is 0. The van der Waals surface area contributed by atoms with Crippen LogP contribution in [0.1, 0.15) is 36.5 Å². The van der Waals surface area contributed by atoms with Crippen LogP contribution in [0, 0.1) is 6.92 Å². The predicted octanol–water partition coefficient (Wildman–Crippen LogP) is 1.82. The third-order valence-corrected chi connectivity index (χ3v) is 5.72. The summed E-state index contributed by atoms with van der Waals surface area (Å²) in [5.74, 6) is -0.896. The maximum atomic E-state index is 13.7. The molecule has 7 heteroatoms. The van der Waals surface area contributed by atoms with E-state index in [9.17, 15) is 19.5 Å². The third kappa shape index (κ3) is 4.11. The fourth-order valence-corrected chi connectivity index (χ4v) is 4.13. The summed E-state index contributed by atoms with van der Waals surface area (Å²) >= 11 is 0. The number of amides is 3. The fraction of sp³-hybridized carbons (Fsp3) is 0.391. The zero-order valence-electron chi connectivity index (χ0n) is 17.4. The molecule has 158 valence electrons. The molecular weight excluding hydrogens is 382 g/mol. The van der Waals surface area contributed by atoms with Gasteiger partial charge in [-0.25, -0.2) is 0 Å². The zero-order chi connectivity index (χ0) is 21.7. The van der Waals surface area contributed by atoms with Gasteiger partial charge in [0.25, 0.3) is 0 Å². The highest BCUT2D eigenvalue weighted by atomic mass is 16.3. The highest BCUT2D eigenvalue weighted by Gasteiger charge is 2.54. The summed E-state index contributed by atoms with van der Waals surface area (Å²) < 4.78 is 0. The lowest BCUT2D eigenvalue weighted by atomic mass is 9.74. The van der Waals surface area contributed by atoms with Crippen molar-refractivity contribution in [1.82, 2.24) is 14.8 Å². The molecule has 2 aromatic rings. The van der Waals surface area contributed by atoms with Crippen LogP contribution in [0.4, 0.5) is 0 Å². The van der Waals surface area contributed by atoms with E-state index in [0.29, 0.717) is 12.1 Å². The molecule has 0 bridgehead atoms. The summed E-state index contributed by atoms with van der Waals surface area (Å²) in [4.78, 5) is 46.4. The van der Waals surface area contributed by atoms with Gasteiger partial charge in [-0.2, -0.15) is 0 Å². The number of rotatable bonds is 8. The van der Waals surface area contributed by atoms with E-state index in [1.54, 1.807) is 24.5 Å². The molecule has 1 aliphatic heterocycles. The molecule has 1 saturated heterocycles. The second kappa shape index (κ2) is 9.17. The van der Waals surface area contributed by atoms with Crippen LogP contribution in [0.15, 0.2) is 48.8 Å². The van der Waals surface area contributed by atoms with Crippen molar-refractivity contribution < 1.29 is 19.5 Å². The Morgan fingerprint density at radius 2 is 1.90 bits per heavy atom. The number of aromatic nitrogens is 1. The molecule has 2 heterocycles. The van der Waals surface area contributed by atoms with Gasteiger partial charge >= 0.3 is 0 Å². The maximum Gasteiger partial charge on any atom is 0.241 e. The predicted molar refractivity (Wildman–Crippen MR) is 111 cm³/mol. The Morgan fingerprint density at radius 1 is 1.20 bits per heavy atom. The monoisotopic (exact) mass is 409 g/mol. The summed E-state index contributed by atoms with van der Waals surface area (Å²) in [6.07, 6.45) is 3.08. The van der Waals surface area contributed by atoms with Gasteiger partial charge in [-0.3, -0.25) is 24.3 Å². The SMILES string of the molecule is CCN(CCO)C(=O)C[C@@]1(c2ccccc2C)CC(=O)N(Cc2ccncc2)C1=O. The topological polar surface area (TPSA) is 90.8 Å². The molecule has 1 aliphatic rings. The quantitative estimate of drug-likeness (QED) is 0.672. The van der Waals surface area contributed by atoms with Crippen LogP contribution < -0.4 is 0 Å².